The van der Waals surface area contributed by atoms with Gasteiger partial charge in [-0.25, -0.2) is 0 Å². The molecule has 0 aromatic heterocycles. The molecule has 1 rings (SSSR count). The van der Waals surface area contributed by atoms with E-state index >= 15 is 0 Å². The first kappa shape index (κ1) is 16.4. The summed E-state index contributed by atoms with van der Waals surface area (Å²) in [6, 6.07) is 7.83. The first-order valence-corrected chi connectivity index (χ1v) is 7.34. The van der Waals surface area contributed by atoms with Crippen molar-refractivity contribution in [2.24, 2.45) is 5.73 Å². The molecule has 2 unspecified atom stereocenters. The molecule has 0 aliphatic heterocycles. The van der Waals surface area contributed by atoms with E-state index in [0.717, 1.165) is 30.0 Å². The summed E-state index contributed by atoms with van der Waals surface area (Å²) in [6.07, 6.45) is 2.21. The summed E-state index contributed by atoms with van der Waals surface area (Å²) in [4.78, 5) is 2.23. The predicted octanol–water partition coefficient (Wildman–Crippen LogP) is 2.82. The maximum Gasteiger partial charge on any atom is 0.0558 e. The molecule has 2 atom stereocenters. The second-order valence-electron chi connectivity index (χ2n) is 4.94. The molecule has 0 fully saturated rings. The van der Waals surface area contributed by atoms with Crippen molar-refractivity contribution in [3.05, 3.63) is 34.9 Å². The smallest absolute Gasteiger partial charge is 0.0558 e. The fourth-order valence-corrected chi connectivity index (χ4v) is 2.65. The van der Waals surface area contributed by atoms with E-state index in [2.05, 4.69) is 11.8 Å². The van der Waals surface area contributed by atoms with E-state index in [9.17, 15) is 5.11 Å². The number of aliphatic hydroxyl groups excluding tert-OH is 1. The molecule has 0 saturated carbocycles. The zero-order chi connectivity index (χ0) is 14.3. The number of aliphatic hydroxyl groups is 1. The van der Waals surface area contributed by atoms with Gasteiger partial charge in [0.05, 0.1) is 12.6 Å². The Morgan fingerprint density at radius 2 is 2.00 bits per heavy atom. The lowest BCUT2D eigenvalue weighted by molar-refractivity contribution is 0.135. The summed E-state index contributed by atoms with van der Waals surface area (Å²) in [6.45, 7) is 5.83. The van der Waals surface area contributed by atoms with Gasteiger partial charge >= 0.3 is 0 Å². The van der Waals surface area contributed by atoms with Crippen LogP contribution in [0.25, 0.3) is 0 Å². The van der Waals surface area contributed by atoms with E-state index in [4.69, 9.17) is 17.3 Å². The van der Waals surface area contributed by atoms with E-state index in [1.54, 1.807) is 0 Å². The summed E-state index contributed by atoms with van der Waals surface area (Å²) in [5.41, 5.74) is 7.20. The van der Waals surface area contributed by atoms with Crippen LogP contribution in [0.4, 0.5) is 0 Å². The van der Waals surface area contributed by atoms with Crippen LogP contribution in [-0.2, 0) is 0 Å². The molecule has 3 nitrogen and oxygen atoms in total. The van der Waals surface area contributed by atoms with Gasteiger partial charge in [0.1, 0.15) is 0 Å². The van der Waals surface area contributed by atoms with Crippen molar-refractivity contribution in [2.45, 2.75) is 38.8 Å². The topological polar surface area (TPSA) is 49.5 Å². The average Bonchev–Trinajstić information content (AvgIpc) is 2.38. The Bertz CT molecular complexity index is 371. The van der Waals surface area contributed by atoms with Crippen LogP contribution in [0, 0.1) is 0 Å². The van der Waals surface area contributed by atoms with Crippen LogP contribution in [0.3, 0.4) is 0 Å². The quantitative estimate of drug-likeness (QED) is 0.772. The van der Waals surface area contributed by atoms with Gasteiger partial charge in [-0.2, -0.15) is 0 Å². The summed E-state index contributed by atoms with van der Waals surface area (Å²) < 4.78 is 0. The average molecular weight is 285 g/mol. The van der Waals surface area contributed by atoms with Gasteiger partial charge in [0.15, 0.2) is 0 Å². The first-order chi connectivity index (χ1) is 9.11. The van der Waals surface area contributed by atoms with Crippen molar-refractivity contribution in [3.8, 4) is 0 Å². The van der Waals surface area contributed by atoms with E-state index < -0.39 is 0 Å². The van der Waals surface area contributed by atoms with Crippen LogP contribution in [-0.4, -0.2) is 35.7 Å². The molecule has 0 saturated heterocycles. The van der Waals surface area contributed by atoms with Gasteiger partial charge in [-0.3, -0.25) is 4.90 Å². The molecule has 19 heavy (non-hydrogen) atoms. The number of unbranched alkanes of at least 4 members (excludes halogenated alkanes) is 1. The second-order valence-corrected chi connectivity index (χ2v) is 5.35. The molecular formula is C15H25ClN2O. The fraction of sp³-hybridized carbons (Fsp3) is 0.600. The minimum atomic E-state index is -0.0386. The highest BCUT2D eigenvalue weighted by molar-refractivity contribution is 6.31. The van der Waals surface area contributed by atoms with Gasteiger partial charge < -0.3 is 10.8 Å². The summed E-state index contributed by atoms with van der Waals surface area (Å²) in [5, 5.41) is 10.0. The fourth-order valence-electron chi connectivity index (χ4n) is 2.41. The molecule has 1 aromatic carbocycles. The van der Waals surface area contributed by atoms with Gasteiger partial charge in [-0.05, 0) is 31.5 Å². The molecule has 1 aromatic rings. The molecule has 108 valence electrons. The third-order valence-corrected chi connectivity index (χ3v) is 3.65. The minimum Gasteiger partial charge on any atom is -0.395 e. The van der Waals surface area contributed by atoms with Crippen molar-refractivity contribution in [1.82, 2.24) is 4.90 Å². The maximum absolute atomic E-state index is 9.27. The monoisotopic (exact) mass is 284 g/mol. The number of benzene rings is 1. The van der Waals surface area contributed by atoms with E-state index in [0.29, 0.717) is 6.54 Å². The maximum atomic E-state index is 9.27. The zero-order valence-corrected chi connectivity index (χ0v) is 12.6. The number of hydrogen-bond acceptors (Lipinski definition) is 3. The Morgan fingerprint density at radius 3 is 2.53 bits per heavy atom. The van der Waals surface area contributed by atoms with Crippen molar-refractivity contribution < 1.29 is 5.11 Å². The molecular weight excluding hydrogens is 260 g/mol. The van der Waals surface area contributed by atoms with Crippen LogP contribution in [0.2, 0.25) is 5.02 Å². The predicted molar refractivity (Wildman–Crippen MR) is 81.4 cm³/mol. The number of halogens is 1. The Morgan fingerprint density at radius 1 is 1.32 bits per heavy atom. The van der Waals surface area contributed by atoms with E-state index in [1.807, 2.05) is 31.2 Å². The molecule has 3 N–H and O–H groups in total. The molecule has 0 spiro atoms. The third-order valence-electron chi connectivity index (χ3n) is 3.30. The molecule has 0 aliphatic rings. The summed E-state index contributed by atoms with van der Waals surface area (Å²) >= 11 is 6.30. The van der Waals surface area contributed by atoms with Crippen LogP contribution < -0.4 is 5.73 Å². The molecule has 0 amide bonds. The van der Waals surface area contributed by atoms with Crippen molar-refractivity contribution in [1.29, 1.82) is 0 Å². The number of nitrogens with two attached hydrogens (primary N) is 1. The summed E-state index contributed by atoms with van der Waals surface area (Å²) in [7, 11) is 0. The molecule has 0 bridgehead atoms. The molecule has 0 heterocycles. The standard InChI is InChI=1S/C15H25ClN2O/c1-3-4-9-18(10-11-19)15(12(2)17)13-7-5-6-8-14(13)16/h5-8,12,15,19H,3-4,9-11,17H2,1-2H3. The SMILES string of the molecule is CCCCN(CCO)C(c1ccccc1Cl)C(C)N. The Kier molecular flexibility index (Phi) is 7.39. The van der Waals surface area contributed by atoms with Gasteiger partial charge in [0, 0.05) is 17.6 Å². The highest BCUT2D eigenvalue weighted by Crippen LogP contribution is 2.29. The Labute approximate surface area is 121 Å². The first-order valence-electron chi connectivity index (χ1n) is 6.96. The number of rotatable bonds is 8. The van der Waals surface area contributed by atoms with Gasteiger partial charge in [0.2, 0.25) is 0 Å². The largest absolute Gasteiger partial charge is 0.395 e. The van der Waals surface area contributed by atoms with Crippen molar-refractivity contribution in [2.75, 3.05) is 19.7 Å². The van der Waals surface area contributed by atoms with Crippen LogP contribution >= 0.6 is 11.6 Å². The summed E-state index contributed by atoms with van der Waals surface area (Å²) in [5.74, 6) is 0. The second kappa shape index (κ2) is 8.54. The van der Waals surface area contributed by atoms with E-state index in [-0.39, 0.29) is 18.7 Å². The van der Waals surface area contributed by atoms with Crippen LogP contribution in [0.1, 0.15) is 38.3 Å². The minimum absolute atomic E-state index is 0.0386. The highest BCUT2D eigenvalue weighted by Gasteiger charge is 2.25. The van der Waals surface area contributed by atoms with Crippen molar-refractivity contribution >= 4 is 11.6 Å². The van der Waals surface area contributed by atoms with Gasteiger partial charge in [-0.1, -0.05) is 43.1 Å². The Hall–Kier alpha value is -0.610. The van der Waals surface area contributed by atoms with Gasteiger partial charge in [-0.15, -0.1) is 0 Å². The molecule has 0 aliphatic carbocycles. The lowest BCUT2D eigenvalue weighted by atomic mass is 9.98. The number of nitrogens with zero attached hydrogens (tertiary/aromatic N) is 1. The van der Waals surface area contributed by atoms with Crippen LogP contribution in [0.15, 0.2) is 24.3 Å². The molecule has 4 heteroatoms. The molecule has 0 radical (unpaired) electrons. The lowest BCUT2D eigenvalue weighted by Gasteiger charge is -2.34. The van der Waals surface area contributed by atoms with Crippen molar-refractivity contribution in [3.63, 3.8) is 0 Å². The zero-order valence-electron chi connectivity index (χ0n) is 11.8. The third kappa shape index (κ3) is 4.77. The number of hydrogen-bond donors (Lipinski definition) is 2. The normalized spacial score (nSPS) is 14.6. The van der Waals surface area contributed by atoms with E-state index in [1.165, 1.54) is 0 Å². The van der Waals surface area contributed by atoms with Gasteiger partial charge in [0.25, 0.3) is 0 Å². The van der Waals surface area contributed by atoms with Crippen LogP contribution in [0.5, 0.6) is 0 Å². The highest BCUT2D eigenvalue weighted by atomic mass is 35.5. The Balaban J connectivity index is 2.99. The lowest BCUT2D eigenvalue weighted by Crippen LogP contribution is -2.41.